The highest BCUT2D eigenvalue weighted by atomic mass is 16.2. The van der Waals surface area contributed by atoms with Crippen molar-refractivity contribution < 1.29 is 4.79 Å². The average molecular weight is 403 g/mol. The van der Waals surface area contributed by atoms with E-state index < -0.39 is 0 Å². The SMILES string of the molecule is Cc1ccccc1N1C=C2N=C(C3CN(Cc4cnccn4)CC3C)NC(=O)N2C1. The van der Waals surface area contributed by atoms with Gasteiger partial charge in [-0.3, -0.25) is 25.1 Å². The summed E-state index contributed by atoms with van der Waals surface area (Å²) in [4.78, 5) is 32.3. The van der Waals surface area contributed by atoms with Gasteiger partial charge in [-0.2, -0.15) is 0 Å². The van der Waals surface area contributed by atoms with Crippen molar-refractivity contribution in [1.29, 1.82) is 0 Å². The lowest BCUT2D eigenvalue weighted by atomic mass is 9.96. The summed E-state index contributed by atoms with van der Waals surface area (Å²) in [7, 11) is 0. The number of amides is 2. The lowest BCUT2D eigenvalue weighted by Gasteiger charge is -2.28. The monoisotopic (exact) mass is 403 g/mol. The Kier molecular flexibility index (Phi) is 4.71. The van der Waals surface area contributed by atoms with E-state index in [1.54, 1.807) is 23.5 Å². The van der Waals surface area contributed by atoms with Crippen molar-refractivity contribution in [1.82, 2.24) is 25.1 Å². The molecule has 0 saturated carbocycles. The maximum Gasteiger partial charge on any atom is 0.329 e. The third kappa shape index (κ3) is 3.43. The van der Waals surface area contributed by atoms with Gasteiger partial charge in [0, 0.05) is 56.0 Å². The molecule has 1 fully saturated rings. The number of rotatable bonds is 4. The third-order valence-corrected chi connectivity index (χ3v) is 6.02. The molecule has 30 heavy (non-hydrogen) atoms. The van der Waals surface area contributed by atoms with E-state index in [0.29, 0.717) is 18.4 Å². The third-order valence-electron chi connectivity index (χ3n) is 6.02. The molecule has 5 rings (SSSR count). The first-order valence-electron chi connectivity index (χ1n) is 10.3. The van der Waals surface area contributed by atoms with Gasteiger partial charge in [-0.05, 0) is 24.5 Å². The lowest BCUT2D eigenvalue weighted by molar-refractivity contribution is 0.216. The molecule has 0 bridgehead atoms. The Morgan fingerprint density at radius 2 is 2.07 bits per heavy atom. The number of aryl methyl sites for hydroxylation is 1. The van der Waals surface area contributed by atoms with Crippen LogP contribution in [0, 0.1) is 18.8 Å². The highest BCUT2D eigenvalue weighted by Crippen LogP contribution is 2.31. The molecule has 2 amide bonds. The number of aromatic nitrogens is 2. The van der Waals surface area contributed by atoms with Gasteiger partial charge in [-0.25, -0.2) is 9.79 Å². The number of nitrogens with one attached hydrogen (secondary N) is 1. The predicted octanol–water partition coefficient (Wildman–Crippen LogP) is 2.55. The number of benzene rings is 1. The van der Waals surface area contributed by atoms with Crippen molar-refractivity contribution in [3.63, 3.8) is 0 Å². The standard InChI is InChI=1S/C22H25N7O/c1-15-5-3-4-6-19(15)28-13-20-25-21(26-22(30)29(20)14-28)18-12-27(10-16(18)2)11-17-9-23-7-8-24-17/h3-9,13,16,18H,10-12,14H2,1-2H3,(H,25,26,30). The zero-order chi connectivity index (χ0) is 20.7. The van der Waals surface area contributed by atoms with Gasteiger partial charge in [-0.15, -0.1) is 0 Å². The molecular weight excluding hydrogens is 378 g/mol. The van der Waals surface area contributed by atoms with Crippen molar-refractivity contribution in [3.05, 3.63) is 66.1 Å². The van der Waals surface area contributed by atoms with Crippen LogP contribution in [0.2, 0.25) is 0 Å². The van der Waals surface area contributed by atoms with Crippen LogP contribution in [0.4, 0.5) is 10.5 Å². The van der Waals surface area contributed by atoms with Gasteiger partial charge in [0.15, 0.2) is 5.82 Å². The number of para-hydroxylation sites is 1. The Morgan fingerprint density at radius 1 is 1.20 bits per heavy atom. The fraction of sp³-hybridized carbons (Fsp3) is 0.364. The Bertz CT molecular complexity index is 1020. The summed E-state index contributed by atoms with van der Waals surface area (Å²) >= 11 is 0. The Morgan fingerprint density at radius 3 is 2.87 bits per heavy atom. The van der Waals surface area contributed by atoms with E-state index in [0.717, 1.165) is 36.9 Å². The van der Waals surface area contributed by atoms with Gasteiger partial charge in [0.1, 0.15) is 12.5 Å². The van der Waals surface area contributed by atoms with Crippen molar-refractivity contribution in [2.24, 2.45) is 16.8 Å². The summed E-state index contributed by atoms with van der Waals surface area (Å²) in [5.74, 6) is 2.04. The van der Waals surface area contributed by atoms with Crippen molar-refractivity contribution in [2.75, 3.05) is 24.7 Å². The second kappa shape index (κ2) is 7.53. The zero-order valence-electron chi connectivity index (χ0n) is 17.2. The maximum atomic E-state index is 12.8. The Balaban J connectivity index is 1.35. The van der Waals surface area contributed by atoms with Crippen LogP contribution in [-0.2, 0) is 6.54 Å². The second-order valence-corrected chi connectivity index (χ2v) is 8.21. The number of aliphatic imine (C=N–C) groups is 1. The summed E-state index contributed by atoms with van der Waals surface area (Å²) < 4.78 is 0. The van der Waals surface area contributed by atoms with E-state index in [-0.39, 0.29) is 11.9 Å². The number of carbonyl (C=O) groups is 1. The largest absolute Gasteiger partial charge is 0.329 e. The number of fused-ring (bicyclic) bond motifs is 1. The average Bonchev–Trinajstić information content (AvgIpc) is 3.33. The van der Waals surface area contributed by atoms with Crippen molar-refractivity contribution in [2.45, 2.75) is 20.4 Å². The van der Waals surface area contributed by atoms with E-state index in [1.165, 1.54) is 5.56 Å². The first-order valence-corrected chi connectivity index (χ1v) is 10.3. The molecular formula is C22H25N7O. The number of amidine groups is 1. The summed E-state index contributed by atoms with van der Waals surface area (Å²) in [5.41, 5.74) is 3.22. The van der Waals surface area contributed by atoms with Gasteiger partial charge in [-0.1, -0.05) is 25.1 Å². The van der Waals surface area contributed by atoms with E-state index >= 15 is 0 Å². The van der Waals surface area contributed by atoms with Crippen LogP contribution >= 0.6 is 0 Å². The maximum absolute atomic E-state index is 12.8. The number of hydrogen-bond acceptors (Lipinski definition) is 6. The van der Waals surface area contributed by atoms with Crippen LogP contribution in [-0.4, -0.2) is 51.4 Å². The summed E-state index contributed by atoms with van der Waals surface area (Å²) in [5, 5.41) is 3.05. The summed E-state index contributed by atoms with van der Waals surface area (Å²) in [6.45, 7) is 7.30. The predicted molar refractivity (Wildman–Crippen MR) is 114 cm³/mol. The minimum absolute atomic E-state index is 0.109. The fourth-order valence-corrected chi connectivity index (χ4v) is 4.46. The van der Waals surface area contributed by atoms with Gasteiger partial charge < -0.3 is 4.90 Å². The first-order chi connectivity index (χ1) is 14.6. The number of urea groups is 1. The topological polar surface area (TPSA) is 77.0 Å². The van der Waals surface area contributed by atoms with E-state index in [9.17, 15) is 4.79 Å². The molecule has 1 aromatic heterocycles. The summed E-state index contributed by atoms with van der Waals surface area (Å²) in [6, 6.07) is 8.07. The van der Waals surface area contributed by atoms with Crippen LogP contribution in [0.15, 0.2) is 59.9 Å². The molecule has 1 N–H and O–H groups in total. The zero-order valence-corrected chi connectivity index (χ0v) is 17.2. The molecule has 2 unspecified atom stereocenters. The molecule has 154 valence electrons. The number of anilines is 1. The van der Waals surface area contributed by atoms with Gasteiger partial charge >= 0.3 is 6.03 Å². The molecule has 2 aromatic rings. The van der Waals surface area contributed by atoms with Gasteiger partial charge in [0.25, 0.3) is 0 Å². The molecule has 1 saturated heterocycles. The molecule has 0 aliphatic carbocycles. The molecule has 4 heterocycles. The molecule has 8 nitrogen and oxygen atoms in total. The van der Waals surface area contributed by atoms with Crippen LogP contribution < -0.4 is 10.2 Å². The number of hydrogen-bond donors (Lipinski definition) is 1. The molecule has 2 atom stereocenters. The number of carbonyl (C=O) groups excluding carboxylic acids is 1. The fourth-order valence-electron chi connectivity index (χ4n) is 4.46. The van der Waals surface area contributed by atoms with Crippen LogP contribution in [0.5, 0.6) is 0 Å². The smallest absolute Gasteiger partial charge is 0.325 e. The van der Waals surface area contributed by atoms with Crippen molar-refractivity contribution >= 4 is 17.6 Å². The normalized spacial score (nSPS) is 23.9. The first kappa shape index (κ1) is 18.7. The van der Waals surface area contributed by atoms with Crippen LogP contribution in [0.3, 0.4) is 0 Å². The van der Waals surface area contributed by atoms with Gasteiger partial charge in [0.05, 0.1) is 5.69 Å². The number of likely N-dealkylation sites (tertiary alicyclic amines) is 1. The van der Waals surface area contributed by atoms with Crippen LogP contribution in [0.1, 0.15) is 18.2 Å². The quantitative estimate of drug-likeness (QED) is 0.849. The lowest BCUT2D eigenvalue weighted by Crippen LogP contribution is -2.49. The highest BCUT2D eigenvalue weighted by molar-refractivity contribution is 6.02. The molecule has 0 radical (unpaired) electrons. The molecule has 1 aromatic carbocycles. The second-order valence-electron chi connectivity index (χ2n) is 8.21. The molecule has 0 spiro atoms. The van der Waals surface area contributed by atoms with Crippen LogP contribution in [0.25, 0.3) is 0 Å². The Hall–Kier alpha value is -3.26. The Labute approximate surface area is 175 Å². The summed E-state index contributed by atoms with van der Waals surface area (Å²) in [6.07, 6.45) is 7.18. The minimum Gasteiger partial charge on any atom is -0.325 e. The van der Waals surface area contributed by atoms with Crippen molar-refractivity contribution in [3.8, 4) is 0 Å². The van der Waals surface area contributed by atoms with E-state index in [4.69, 9.17) is 4.99 Å². The van der Waals surface area contributed by atoms with E-state index in [2.05, 4.69) is 51.1 Å². The molecule has 3 aliphatic rings. The van der Waals surface area contributed by atoms with Gasteiger partial charge in [0.2, 0.25) is 0 Å². The molecule has 3 aliphatic heterocycles. The van der Waals surface area contributed by atoms with E-state index in [1.807, 2.05) is 18.3 Å². The molecule has 8 heteroatoms. The highest BCUT2D eigenvalue weighted by Gasteiger charge is 2.39. The number of nitrogens with zero attached hydrogens (tertiary/aromatic N) is 6. The minimum atomic E-state index is -0.109.